The van der Waals surface area contributed by atoms with Crippen LogP contribution in [0.1, 0.15) is 11.1 Å². The van der Waals surface area contributed by atoms with Crippen molar-refractivity contribution in [2.45, 2.75) is 6.92 Å². The number of hydrogen-bond donors (Lipinski definition) is 2. The summed E-state index contributed by atoms with van der Waals surface area (Å²) in [6, 6.07) is 7.91. The number of pyridine rings is 1. The quantitative estimate of drug-likeness (QED) is 0.383. The van der Waals surface area contributed by atoms with E-state index < -0.39 is 0 Å². The predicted molar refractivity (Wildman–Crippen MR) is 79.0 cm³/mol. The van der Waals surface area contributed by atoms with Crippen LogP contribution in [0.5, 0.6) is 0 Å². The molecule has 6 heteroatoms. The van der Waals surface area contributed by atoms with Gasteiger partial charge in [0.05, 0.1) is 11.7 Å². The zero-order valence-electron chi connectivity index (χ0n) is 9.64. The maximum Gasteiger partial charge on any atom is 0.184 e. The molecule has 0 spiro atoms. The number of nitrogens with zero attached hydrogens (tertiary/aromatic N) is 2. The lowest BCUT2D eigenvalue weighted by Crippen LogP contribution is -2.24. The molecule has 2 rings (SSSR count). The van der Waals surface area contributed by atoms with Gasteiger partial charge in [-0.3, -0.25) is 5.43 Å². The number of benzene rings is 1. The number of aryl methyl sites for hydroxylation is 1. The Hall–Kier alpha value is -1.72. The van der Waals surface area contributed by atoms with Crippen LogP contribution >= 0.6 is 23.8 Å². The van der Waals surface area contributed by atoms with Gasteiger partial charge in [-0.2, -0.15) is 5.10 Å². The van der Waals surface area contributed by atoms with Crippen LogP contribution < -0.4 is 11.2 Å². The van der Waals surface area contributed by atoms with Gasteiger partial charge >= 0.3 is 0 Å². The predicted octanol–water partition coefficient (Wildman–Crippen LogP) is 2.36. The van der Waals surface area contributed by atoms with Crippen LogP contribution in [0.2, 0.25) is 5.15 Å². The second-order valence-corrected chi connectivity index (χ2v) is 4.60. The molecular weight excluding hydrogens is 268 g/mol. The van der Waals surface area contributed by atoms with E-state index in [0.717, 1.165) is 16.5 Å². The lowest BCUT2D eigenvalue weighted by molar-refractivity contribution is 1.04. The summed E-state index contributed by atoms with van der Waals surface area (Å²) >= 11 is 10.7. The van der Waals surface area contributed by atoms with Crippen molar-refractivity contribution in [3.63, 3.8) is 0 Å². The van der Waals surface area contributed by atoms with E-state index in [-0.39, 0.29) is 5.11 Å². The molecular formula is C12H11ClN4S. The fourth-order valence-corrected chi connectivity index (χ4v) is 1.77. The van der Waals surface area contributed by atoms with Gasteiger partial charge in [-0.15, -0.1) is 0 Å². The first-order chi connectivity index (χ1) is 8.56. The van der Waals surface area contributed by atoms with Crippen LogP contribution in [-0.2, 0) is 0 Å². The molecule has 0 aliphatic rings. The van der Waals surface area contributed by atoms with Gasteiger partial charge in [-0.1, -0.05) is 23.7 Å². The lowest BCUT2D eigenvalue weighted by atomic mass is 10.1. The third-order valence-corrected chi connectivity index (χ3v) is 2.73. The molecule has 0 aliphatic carbocycles. The van der Waals surface area contributed by atoms with Crippen molar-refractivity contribution >= 4 is 46.0 Å². The number of hydrazone groups is 1. The van der Waals surface area contributed by atoms with Crippen molar-refractivity contribution in [2.24, 2.45) is 10.8 Å². The molecule has 18 heavy (non-hydrogen) atoms. The van der Waals surface area contributed by atoms with Gasteiger partial charge in [0.25, 0.3) is 0 Å². The summed E-state index contributed by atoms with van der Waals surface area (Å²) in [5, 5.41) is 5.36. The molecule has 0 aliphatic heterocycles. The highest BCUT2D eigenvalue weighted by Gasteiger charge is 2.03. The summed E-state index contributed by atoms with van der Waals surface area (Å²) in [6.07, 6.45) is 1.54. The first-order valence-electron chi connectivity index (χ1n) is 5.21. The number of thiocarbonyl (C=S) groups is 1. The van der Waals surface area contributed by atoms with Gasteiger partial charge in [0.15, 0.2) is 5.11 Å². The molecule has 0 bridgehead atoms. The van der Waals surface area contributed by atoms with Crippen molar-refractivity contribution in [1.29, 1.82) is 0 Å². The molecule has 0 saturated heterocycles. The molecule has 0 amide bonds. The van der Waals surface area contributed by atoms with Gasteiger partial charge in [-0.05, 0) is 36.8 Å². The third-order valence-electron chi connectivity index (χ3n) is 2.33. The Morgan fingerprint density at radius 1 is 1.50 bits per heavy atom. The second kappa shape index (κ2) is 5.29. The number of fused-ring (bicyclic) bond motifs is 1. The maximum absolute atomic E-state index is 6.08. The summed E-state index contributed by atoms with van der Waals surface area (Å²) in [7, 11) is 0. The van der Waals surface area contributed by atoms with Crippen LogP contribution in [0.4, 0.5) is 0 Å². The Morgan fingerprint density at radius 2 is 2.28 bits per heavy atom. The minimum absolute atomic E-state index is 0.103. The van der Waals surface area contributed by atoms with Crippen LogP contribution in [0.15, 0.2) is 29.4 Å². The van der Waals surface area contributed by atoms with E-state index in [2.05, 4.69) is 27.7 Å². The number of nitrogens with two attached hydrogens (primary N) is 1. The first-order valence-corrected chi connectivity index (χ1v) is 6.00. The summed E-state index contributed by atoms with van der Waals surface area (Å²) in [5.74, 6) is 0. The van der Waals surface area contributed by atoms with E-state index in [9.17, 15) is 0 Å². The summed E-state index contributed by atoms with van der Waals surface area (Å²) in [4.78, 5) is 4.32. The lowest BCUT2D eigenvalue weighted by Gasteiger charge is -2.03. The molecule has 1 aromatic carbocycles. The minimum Gasteiger partial charge on any atom is -0.375 e. The van der Waals surface area contributed by atoms with Crippen molar-refractivity contribution in [3.05, 3.63) is 40.5 Å². The Balaban J connectivity index is 2.40. The Kier molecular flexibility index (Phi) is 3.74. The molecule has 1 aromatic heterocycles. The smallest absolute Gasteiger partial charge is 0.184 e. The highest BCUT2D eigenvalue weighted by Crippen LogP contribution is 2.20. The summed E-state index contributed by atoms with van der Waals surface area (Å²) in [6.45, 7) is 2.01. The van der Waals surface area contributed by atoms with Gasteiger partial charge in [0, 0.05) is 10.9 Å². The van der Waals surface area contributed by atoms with Gasteiger partial charge in [-0.25, -0.2) is 4.98 Å². The van der Waals surface area contributed by atoms with Crippen LogP contribution in [0.25, 0.3) is 10.9 Å². The van der Waals surface area contributed by atoms with Crippen LogP contribution in [0, 0.1) is 6.92 Å². The fourth-order valence-electron chi connectivity index (χ4n) is 1.53. The maximum atomic E-state index is 6.08. The van der Waals surface area contributed by atoms with Crippen molar-refractivity contribution in [1.82, 2.24) is 10.4 Å². The number of rotatable bonds is 2. The monoisotopic (exact) mass is 278 g/mol. The van der Waals surface area contributed by atoms with Crippen LogP contribution in [0.3, 0.4) is 0 Å². The number of aromatic nitrogens is 1. The van der Waals surface area contributed by atoms with E-state index in [0.29, 0.717) is 10.7 Å². The topological polar surface area (TPSA) is 63.3 Å². The van der Waals surface area contributed by atoms with Gasteiger partial charge in [0.2, 0.25) is 0 Å². The molecule has 0 fully saturated rings. The van der Waals surface area contributed by atoms with E-state index in [1.807, 2.05) is 31.2 Å². The third kappa shape index (κ3) is 2.94. The highest BCUT2D eigenvalue weighted by molar-refractivity contribution is 7.80. The zero-order chi connectivity index (χ0) is 13.1. The molecule has 4 nitrogen and oxygen atoms in total. The standard InChI is InChI=1S/C12H11ClN4S/c1-7-2-3-8-5-9(6-15-17-12(14)18)11(13)16-10(8)4-7/h2-6H,1H3,(H3,14,17,18). The second-order valence-electron chi connectivity index (χ2n) is 3.80. The fraction of sp³-hybridized carbons (Fsp3) is 0.0833. The number of nitrogens with one attached hydrogen (secondary N) is 1. The summed E-state index contributed by atoms with van der Waals surface area (Å²) < 4.78 is 0. The molecule has 1 heterocycles. The van der Waals surface area contributed by atoms with E-state index >= 15 is 0 Å². The largest absolute Gasteiger partial charge is 0.375 e. The average molecular weight is 279 g/mol. The molecule has 0 atom stereocenters. The van der Waals surface area contributed by atoms with Gasteiger partial charge < -0.3 is 5.73 Å². The van der Waals surface area contributed by atoms with E-state index in [1.54, 1.807) is 0 Å². The molecule has 92 valence electrons. The Bertz CT molecular complexity index is 639. The van der Waals surface area contributed by atoms with E-state index in [4.69, 9.17) is 17.3 Å². The van der Waals surface area contributed by atoms with E-state index in [1.165, 1.54) is 6.21 Å². The van der Waals surface area contributed by atoms with Crippen molar-refractivity contribution in [2.75, 3.05) is 0 Å². The molecule has 2 aromatic rings. The minimum atomic E-state index is 0.103. The Labute approximate surface area is 115 Å². The number of halogens is 1. The molecule has 0 radical (unpaired) electrons. The average Bonchev–Trinajstić information content (AvgIpc) is 2.29. The van der Waals surface area contributed by atoms with Gasteiger partial charge in [0.1, 0.15) is 5.15 Å². The van der Waals surface area contributed by atoms with Crippen molar-refractivity contribution in [3.8, 4) is 0 Å². The molecule has 3 N–H and O–H groups in total. The SMILES string of the molecule is Cc1ccc2cc(C=NNC(N)=S)c(Cl)nc2c1. The van der Waals surface area contributed by atoms with Crippen LogP contribution in [-0.4, -0.2) is 16.3 Å². The molecule has 0 saturated carbocycles. The highest BCUT2D eigenvalue weighted by atomic mass is 35.5. The molecule has 0 unspecified atom stereocenters. The summed E-state index contributed by atoms with van der Waals surface area (Å²) in [5.41, 5.74) is 10.4. The number of hydrogen-bond acceptors (Lipinski definition) is 3. The zero-order valence-corrected chi connectivity index (χ0v) is 11.2. The van der Waals surface area contributed by atoms with Crippen molar-refractivity contribution < 1.29 is 0 Å². The Morgan fingerprint density at radius 3 is 3.00 bits per heavy atom. The normalized spacial score (nSPS) is 11.0. The first kappa shape index (κ1) is 12.7.